The van der Waals surface area contributed by atoms with E-state index < -0.39 is 16.2 Å². The Morgan fingerprint density at radius 1 is 1.55 bits per heavy atom. The number of ether oxygens (including phenoxy) is 2. The molecule has 0 saturated carbocycles. The zero-order valence-electron chi connectivity index (χ0n) is 11.0. The maximum absolute atomic E-state index is 11.5. The standard InChI is InChI=1S/C11H14N2O6S/c1-6-4-13-9-3-7(19-11(13)12-10(6)14)8(18-9)5-17-20(2,15)16/h4,7-9H,3,5H2,1-2H3/t7-,8+,9+/m0/s1. The number of fused-ring (bicyclic) bond motifs is 4. The average molecular weight is 302 g/mol. The van der Waals surface area contributed by atoms with Crippen molar-refractivity contribution < 1.29 is 22.1 Å². The average Bonchev–Trinajstić information content (AvgIpc) is 2.67. The van der Waals surface area contributed by atoms with E-state index in [2.05, 4.69) is 4.98 Å². The number of hydrogen-bond donors (Lipinski definition) is 0. The van der Waals surface area contributed by atoms with Crippen LogP contribution in [0.1, 0.15) is 18.2 Å². The molecule has 1 saturated heterocycles. The van der Waals surface area contributed by atoms with Crippen molar-refractivity contribution in [1.29, 1.82) is 0 Å². The Morgan fingerprint density at radius 3 is 3.00 bits per heavy atom. The first-order valence-corrected chi connectivity index (χ1v) is 7.91. The van der Waals surface area contributed by atoms with Gasteiger partial charge in [-0.1, -0.05) is 0 Å². The van der Waals surface area contributed by atoms with Crippen LogP contribution in [0.4, 0.5) is 0 Å². The molecule has 2 bridgehead atoms. The van der Waals surface area contributed by atoms with Crippen LogP contribution < -0.4 is 10.3 Å². The van der Waals surface area contributed by atoms with Gasteiger partial charge < -0.3 is 9.47 Å². The summed E-state index contributed by atoms with van der Waals surface area (Å²) in [4.78, 5) is 15.4. The summed E-state index contributed by atoms with van der Waals surface area (Å²) in [5.74, 6) is 0. The molecule has 3 heterocycles. The van der Waals surface area contributed by atoms with E-state index in [1.807, 2.05) is 0 Å². The predicted octanol–water partition coefficient (Wildman–Crippen LogP) is -0.424. The maximum atomic E-state index is 11.5. The summed E-state index contributed by atoms with van der Waals surface area (Å²) in [5.41, 5.74) is 0.150. The molecule has 0 radical (unpaired) electrons. The highest BCUT2D eigenvalue weighted by Crippen LogP contribution is 2.37. The predicted molar refractivity (Wildman–Crippen MR) is 67.0 cm³/mol. The zero-order chi connectivity index (χ0) is 14.5. The van der Waals surface area contributed by atoms with E-state index in [0.717, 1.165) is 6.26 Å². The molecule has 1 fully saturated rings. The van der Waals surface area contributed by atoms with Crippen LogP contribution in [0.15, 0.2) is 11.0 Å². The summed E-state index contributed by atoms with van der Waals surface area (Å²) in [6.07, 6.45) is 1.99. The van der Waals surface area contributed by atoms with Gasteiger partial charge in [0.2, 0.25) is 0 Å². The van der Waals surface area contributed by atoms with E-state index in [1.54, 1.807) is 17.7 Å². The number of nitrogens with zero attached hydrogens (tertiary/aromatic N) is 2. The highest BCUT2D eigenvalue weighted by molar-refractivity contribution is 7.85. The number of aryl methyl sites for hydroxylation is 1. The zero-order valence-corrected chi connectivity index (χ0v) is 11.8. The Hall–Kier alpha value is -1.45. The molecule has 8 nitrogen and oxygen atoms in total. The summed E-state index contributed by atoms with van der Waals surface area (Å²) in [6.45, 7) is 1.55. The first-order valence-electron chi connectivity index (χ1n) is 6.10. The van der Waals surface area contributed by atoms with Gasteiger partial charge >= 0.3 is 6.01 Å². The molecule has 1 aromatic heterocycles. The minimum Gasteiger partial charge on any atom is -0.458 e. The monoisotopic (exact) mass is 302 g/mol. The first-order chi connectivity index (χ1) is 9.33. The Bertz CT molecular complexity index is 697. The van der Waals surface area contributed by atoms with Gasteiger partial charge in [-0.05, 0) is 6.92 Å². The quantitative estimate of drug-likeness (QED) is 0.699. The van der Waals surface area contributed by atoms with Gasteiger partial charge in [-0.15, -0.1) is 0 Å². The lowest BCUT2D eigenvalue weighted by molar-refractivity contribution is -0.0182. The fourth-order valence-electron chi connectivity index (χ4n) is 2.32. The van der Waals surface area contributed by atoms with Gasteiger partial charge in [-0.2, -0.15) is 13.4 Å². The van der Waals surface area contributed by atoms with Crippen LogP contribution in [-0.4, -0.2) is 43.0 Å². The third-order valence-corrected chi connectivity index (χ3v) is 3.85. The van der Waals surface area contributed by atoms with Crippen LogP contribution in [0.5, 0.6) is 6.01 Å². The first kappa shape index (κ1) is 13.5. The van der Waals surface area contributed by atoms with Crippen molar-refractivity contribution in [3.05, 3.63) is 22.1 Å². The van der Waals surface area contributed by atoms with Gasteiger partial charge in [0.05, 0.1) is 12.9 Å². The highest BCUT2D eigenvalue weighted by Gasteiger charge is 2.43. The molecule has 3 atom stereocenters. The van der Waals surface area contributed by atoms with E-state index in [0.29, 0.717) is 12.0 Å². The van der Waals surface area contributed by atoms with Gasteiger partial charge in [-0.25, -0.2) is 0 Å². The minimum atomic E-state index is -3.53. The van der Waals surface area contributed by atoms with Crippen LogP contribution in [0.3, 0.4) is 0 Å². The lowest BCUT2D eigenvalue weighted by Gasteiger charge is -2.23. The molecule has 9 heteroatoms. The summed E-state index contributed by atoms with van der Waals surface area (Å²) < 4.78 is 39.7. The third-order valence-electron chi connectivity index (χ3n) is 3.28. The second kappa shape index (κ2) is 4.54. The molecular formula is C11H14N2O6S. The molecule has 0 spiro atoms. The molecule has 110 valence electrons. The Balaban J connectivity index is 1.82. The summed E-state index contributed by atoms with van der Waals surface area (Å²) >= 11 is 0. The fourth-order valence-corrected chi connectivity index (χ4v) is 2.70. The molecule has 0 amide bonds. The summed E-state index contributed by atoms with van der Waals surface area (Å²) in [7, 11) is -3.53. The van der Waals surface area contributed by atoms with Crippen molar-refractivity contribution in [1.82, 2.24) is 9.55 Å². The van der Waals surface area contributed by atoms with Crippen molar-refractivity contribution in [2.45, 2.75) is 31.8 Å². The molecule has 20 heavy (non-hydrogen) atoms. The van der Waals surface area contributed by atoms with Crippen LogP contribution in [0.25, 0.3) is 0 Å². The van der Waals surface area contributed by atoms with Crippen molar-refractivity contribution in [2.75, 3.05) is 12.9 Å². The van der Waals surface area contributed by atoms with E-state index in [9.17, 15) is 13.2 Å². The van der Waals surface area contributed by atoms with Gasteiger partial charge in [0, 0.05) is 18.2 Å². The van der Waals surface area contributed by atoms with Crippen LogP contribution in [0.2, 0.25) is 0 Å². The fraction of sp³-hybridized carbons (Fsp3) is 0.636. The smallest absolute Gasteiger partial charge is 0.302 e. The second-order valence-electron chi connectivity index (χ2n) is 4.93. The highest BCUT2D eigenvalue weighted by atomic mass is 32.2. The SMILES string of the molecule is Cc1cn2c(nc1=O)O[C@H]1C[C@H]2O[C@@H]1COS(C)(=O)=O. The minimum absolute atomic E-state index is 0.113. The van der Waals surface area contributed by atoms with Crippen molar-refractivity contribution in [2.24, 2.45) is 0 Å². The van der Waals surface area contributed by atoms with E-state index in [1.165, 1.54) is 0 Å². The topological polar surface area (TPSA) is 96.7 Å². The van der Waals surface area contributed by atoms with Crippen molar-refractivity contribution >= 4 is 10.1 Å². The molecule has 0 N–H and O–H groups in total. The van der Waals surface area contributed by atoms with E-state index >= 15 is 0 Å². The Morgan fingerprint density at radius 2 is 2.30 bits per heavy atom. The largest absolute Gasteiger partial charge is 0.458 e. The van der Waals surface area contributed by atoms with Crippen LogP contribution in [-0.2, 0) is 19.0 Å². The molecule has 3 rings (SSSR count). The van der Waals surface area contributed by atoms with Gasteiger partial charge in [0.15, 0.2) is 0 Å². The van der Waals surface area contributed by atoms with E-state index in [-0.39, 0.29) is 30.5 Å². The molecule has 0 aliphatic carbocycles. The van der Waals surface area contributed by atoms with Crippen LogP contribution >= 0.6 is 0 Å². The van der Waals surface area contributed by atoms with Gasteiger partial charge in [0.1, 0.15) is 18.4 Å². The summed E-state index contributed by atoms with van der Waals surface area (Å²) in [6, 6.07) is 0.198. The third kappa shape index (κ3) is 2.43. The second-order valence-corrected chi connectivity index (χ2v) is 6.57. The maximum Gasteiger partial charge on any atom is 0.302 e. The molecule has 0 aromatic carbocycles. The lowest BCUT2D eigenvalue weighted by atomic mass is 10.1. The molecular weight excluding hydrogens is 288 g/mol. The number of aromatic nitrogens is 2. The van der Waals surface area contributed by atoms with Crippen molar-refractivity contribution in [3.63, 3.8) is 0 Å². The van der Waals surface area contributed by atoms with E-state index in [4.69, 9.17) is 13.7 Å². The lowest BCUT2D eigenvalue weighted by Crippen LogP contribution is -2.34. The number of rotatable bonds is 3. The normalized spacial score (nSPS) is 28.0. The van der Waals surface area contributed by atoms with Gasteiger partial charge in [-0.3, -0.25) is 13.5 Å². The van der Waals surface area contributed by atoms with Crippen molar-refractivity contribution in [3.8, 4) is 6.01 Å². The summed E-state index contributed by atoms with van der Waals surface area (Å²) in [5, 5.41) is 0. The Kier molecular flexibility index (Phi) is 3.07. The van der Waals surface area contributed by atoms with Gasteiger partial charge in [0.25, 0.3) is 15.7 Å². The van der Waals surface area contributed by atoms with Crippen LogP contribution in [0, 0.1) is 6.92 Å². The molecule has 2 aliphatic rings. The molecule has 2 aliphatic heterocycles. The molecule has 0 unspecified atom stereocenters. The Labute approximate surface area is 115 Å². The number of hydrogen-bond acceptors (Lipinski definition) is 7. The molecule has 1 aromatic rings.